The number of allylic oxidation sites excluding steroid dienone is 2. The standard InChI is InChI=1S/6C3H10N2.2C3H8N2.2ClH.2Ho.6Se.2Sn/c8*1-3(5)2-4;;;;;;;;;;;;/h6*3H,2,4-5H2,1H3;2*2H,4-5H2,1H3;2*1H;;;;;;;;;;/q;;;;;;;;;;2*+3;6*-2;2*+4/p-2/b;;;;;;2*3-2-;;;;;;;;;;;;/t6*3-;;;;;;;;;;;;;;/m111000............../s1. The van der Waals surface area contributed by atoms with Gasteiger partial charge in [0.15, 0.2) is 0 Å². The van der Waals surface area contributed by atoms with E-state index in [1.165, 1.54) is 12.4 Å². The molecule has 0 aromatic heterocycles. The summed E-state index contributed by atoms with van der Waals surface area (Å²) in [5.41, 5.74) is 82.4. The zero-order chi connectivity index (χ0) is 34.3. The van der Waals surface area contributed by atoms with Crippen LogP contribution in [0.3, 0.4) is 0 Å². The molecule has 28 heteroatoms. The fraction of sp³-hybridized carbons (Fsp3) is 0.833. The van der Waals surface area contributed by atoms with Gasteiger partial charge in [-0.25, -0.2) is 0 Å². The Balaban J connectivity index is -0.0000000121. The van der Waals surface area contributed by atoms with Gasteiger partial charge in [0.2, 0.25) is 0 Å². The van der Waals surface area contributed by atoms with Crippen molar-refractivity contribution in [3.05, 3.63) is 23.8 Å². The van der Waals surface area contributed by atoms with Gasteiger partial charge in [-0.15, -0.1) is 0 Å². The Bertz CT molecular complexity index is 417. The van der Waals surface area contributed by atoms with Gasteiger partial charge in [0.05, 0.1) is 0 Å². The normalized spacial score (nSPS) is 10.9. The van der Waals surface area contributed by atoms with Crippen LogP contribution in [-0.2, 0) is 0 Å². The summed E-state index contributed by atoms with van der Waals surface area (Å²) in [4.78, 5) is 0. The molecule has 0 saturated carbocycles. The molecule has 0 heterocycles. The van der Waals surface area contributed by atoms with Crippen molar-refractivity contribution in [2.75, 3.05) is 39.3 Å². The maximum Gasteiger partial charge on any atom is 4.00 e. The van der Waals surface area contributed by atoms with Crippen LogP contribution < -0.4 is 117 Å². The van der Waals surface area contributed by atoms with E-state index in [0.29, 0.717) is 50.7 Å². The zero-order valence-electron chi connectivity index (χ0n) is 31.9. The van der Waals surface area contributed by atoms with Crippen LogP contribution in [0.25, 0.3) is 0 Å². The zero-order valence-corrected chi connectivity index (χ0v) is 53.3. The summed E-state index contributed by atoms with van der Waals surface area (Å²) in [6, 6.07) is 0.972. The van der Waals surface area contributed by atoms with E-state index >= 15 is 0 Å². The van der Waals surface area contributed by atoms with Crippen molar-refractivity contribution in [1.29, 1.82) is 0 Å². The van der Waals surface area contributed by atoms with Gasteiger partial charge in [0.1, 0.15) is 0 Å². The third kappa shape index (κ3) is 350. The SMILES string of the molecule is C/C(N)=C/N.C/C(N)=C/N.C[C@@H](N)CN.C[C@@H](N)CN.C[C@@H](N)CN.C[C@H](N)CN.C[C@H](N)CN.C[C@H](N)CN.[Cl-].[Cl-].[Ho+3].[Ho+3].[Se-2].[Se-2].[Se-2].[Se-2].[Se-2].[Se-2].[Sn+4].[Sn+4]. The van der Waals surface area contributed by atoms with Crippen LogP contribution in [-0.4, -0.2) is 226 Å². The van der Waals surface area contributed by atoms with E-state index in [2.05, 4.69) is 0 Å². The molecule has 0 rings (SSSR count). The Hall–Kier alpha value is 6.01. The van der Waals surface area contributed by atoms with E-state index in [-0.39, 0.29) is 287 Å². The molecule has 0 fully saturated rings. The molecule has 0 aliphatic heterocycles. The van der Waals surface area contributed by atoms with Gasteiger partial charge >= 0.3 is 123 Å². The smallest absolute Gasteiger partial charge is 2.00 e. The molecule has 0 bridgehead atoms. The number of rotatable bonds is 6. The monoisotopic (exact) mass is 1710 g/mol. The van der Waals surface area contributed by atoms with Crippen LogP contribution in [0, 0.1) is 75.5 Å². The van der Waals surface area contributed by atoms with Crippen molar-refractivity contribution < 1.29 is 100 Å². The molecule has 6 atom stereocenters. The number of nitrogens with two attached hydrogens (primary N) is 16. The number of hydrogen-bond acceptors (Lipinski definition) is 16. The van der Waals surface area contributed by atoms with Gasteiger partial charge in [-0.3, -0.25) is 0 Å². The average Bonchev–Trinajstić information content (AvgIpc) is 2.90. The summed E-state index contributed by atoms with van der Waals surface area (Å²) in [6.45, 7) is 18.2. The molecule has 0 aliphatic carbocycles. The van der Waals surface area contributed by atoms with Crippen LogP contribution in [0.2, 0.25) is 0 Å². The van der Waals surface area contributed by atoms with Crippen LogP contribution in [0.15, 0.2) is 23.8 Å². The molecule has 32 N–H and O–H groups in total. The molecule has 0 amide bonds. The summed E-state index contributed by atoms with van der Waals surface area (Å²) in [5, 5.41) is 0. The molecule has 0 spiro atoms. The van der Waals surface area contributed by atoms with E-state index in [1.54, 1.807) is 13.8 Å². The molecule has 0 aliphatic rings. The molecule has 0 aromatic carbocycles. The van der Waals surface area contributed by atoms with E-state index in [4.69, 9.17) is 91.7 Å². The topological polar surface area (TPSA) is 416 Å². The van der Waals surface area contributed by atoms with Gasteiger partial charge in [-0.1, -0.05) is 0 Å². The maximum atomic E-state index is 5.17. The first-order valence-corrected chi connectivity index (χ1v) is 13.2. The van der Waals surface area contributed by atoms with Crippen molar-refractivity contribution in [2.45, 2.75) is 91.6 Å². The molecule has 0 aromatic rings. The summed E-state index contributed by atoms with van der Waals surface area (Å²) < 4.78 is 0. The van der Waals surface area contributed by atoms with Gasteiger partial charge < -0.3 is 219 Å². The first-order chi connectivity index (χ1) is 18.2. The van der Waals surface area contributed by atoms with E-state index in [9.17, 15) is 0 Å². The van der Waals surface area contributed by atoms with Crippen molar-refractivity contribution in [3.8, 4) is 0 Å². The third-order valence-electron chi connectivity index (χ3n) is 2.76. The van der Waals surface area contributed by atoms with Gasteiger partial charge in [-0.2, -0.15) is 0 Å². The number of halogens is 2. The minimum Gasteiger partial charge on any atom is -2.00 e. The quantitative estimate of drug-likeness (QED) is 0.110. The van der Waals surface area contributed by atoms with Crippen molar-refractivity contribution in [2.24, 2.45) is 91.7 Å². The second kappa shape index (κ2) is 124. The molecule has 0 radical (unpaired) electrons. The van der Waals surface area contributed by atoms with Crippen LogP contribution in [0.1, 0.15) is 55.4 Å². The molecule has 0 saturated heterocycles. The summed E-state index contributed by atoms with van der Waals surface area (Å²) >= 11 is 0. The largest absolute Gasteiger partial charge is 4.00 e. The fourth-order valence-electron chi connectivity index (χ4n) is 0. The van der Waals surface area contributed by atoms with E-state index in [0.717, 1.165) is 0 Å². The molecule has 52 heavy (non-hydrogen) atoms. The van der Waals surface area contributed by atoms with Gasteiger partial charge in [0, 0.05) is 99.3 Å². The molecular weight excluding hydrogens is 1620 g/mol. The third-order valence-corrected chi connectivity index (χ3v) is 2.76. The number of hydrogen-bond donors (Lipinski definition) is 16. The molecule has 0 unspecified atom stereocenters. The fourth-order valence-corrected chi connectivity index (χ4v) is 0. The van der Waals surface area contributed by atoms with Gasteiger partial charge in [-0.05, 0) is 55.4 Å². The van der Waals surface area contributed by atoms with Crippen molar-refractivity contribution in [3.63, 3.8) is 0 Å². The summed E-state index contributed by atoms with van der Waals surface area (Å²) in [7, 11) is 0. The maximum absolute atomic E-state index is 5.17. The second-order valence-electron chi connectivity index (χ2n) is 9.10. The second-order valence-corrected chi connectivity index (χ2v) is 9.10. The van der Waals surface area contributed by atoms with Crippen LogP contribution in [0.4, 0.5) is 0 Å². The van der Waals surface area contributed by atoms with Crippen molar-refractivity contribution >= 4 is 150 Å². The predicted octanol–water partition coefficient (Wildman–Crippen LogP) is -13.8. The first-order valence-electron chi connectivity index (χ1n) is 13.2. The van der Waals surface area contributed by atoms with E-state index < -0.39 is 0 Å². The minimum absolute atomic E-state index is 0. The first kappa shape index (κ1) is 130. The molecule has 332 valence electrons. The average molecular weight is 1700 g/mol. The Kier molecular flexibility index (Phi) is 311. The minimum atomic E-state index is 0. The van der Waals surface area contributed by atoms with Crippen LogP contribution in [0.5, 0.6) is 0 Å². The van der Waals surface area contributed by atoms with Crippen LogP contribution >= 0.6 is 0 Å². The van der Waals surface area contributed by atoms with E-state index in [1.807, 2.05) is 41.5 Å². The van der Waals surface area contributed by atoms with Gasteiger partial charge in [0.25, 0.3) is 0 Å². The Morgan fingerprint density at radius 2 is 0.423 bits per heavy atom. The predicted molar refractivity (Wildman–Crippen MR) is 227 cm³/mol. The Morgan fingerprint density at radius 3 is 0.423 bits per heavy atom. The molecule has 16 nitrogen and oxygen atoms in total. The Labute approximate surface area is 489 Å². The van der Waals surface area contributed by atoms with Crippen molar-refractivity contribution in [1.82, 2.24) is 0 Å². The summed E-state index contributed by atoms with van der Waals surface area (Å²) in [6.07, 6.45) is 2.72. The summed E-state index contributed by atoms with van der Waals surface area (Å²) in [5.74, 6) is 0. The Morgan fingerprint density at radius 1 is 0.385 bits per heavy atom. The molecular formula is C24H76Cl2Ho2N16Se6Sn2.